The standard InChI is InChI=1S/C22H19N5O4S/c1-12-6-13(2)20(14(3)7-12)18-10-32-22(24-18)25-19(28)9-26-11-23-17-8-15(27(30)31)4-5-16(17)21(26)29/h4-8,10-11H,9H2,1-3H3,(H,24,25,28). The predicted octanol–water partition coefficient (Wildman–Crippen LogP) is 3.99. The summed E-state index contributed by atoms with van der Waals surface area (Å²) in [6, 6.07) is 7.99. The van der Waals surface area contributed by atoms with Crippen LogP contribution in [0.5, 0.6) is 0 Å². The summed E-state index contributed by atoms with van der Waals surface area (Å²) in [6.45, 7) is 5.85. The van der Waals surface area contributed by atoms with E-state index in [9.17, 15) is 19.7 Å². The van der Waals surface area contributed by atoms with Gasteiger partial charge in [0.2, 0.25) is 5.91 Å². The highest BCUT2D eigenvalue weighted by molar-refractivity contribution is 7.14. The van der Waals surface area contributed by atoms with Gasteiger partial charge >= 0.3 is 0 Å². The molecule has 2 aromatic carbocycles. The number of fused-ring (bicyclic) bond motifs is 1. The number of benzene rings is 2. The van der Waals surface area contributed by atoms with Crippen LogP contribution in [0.1, 0.15) is 16.7 Å². The van der Waals surface area contributed by atoms with E-state index in [2.05, 4.69) is 27.4 Å². The van der Waals surface area contributed by atoms with E-state index >= 15 is 0 Å². The highest BCUT2D eigenvalue weighted by Gasteiger charge is 2.15. The SMILES string of the molecule is Cc1cc(C)c(-c2csc(NC(=O)Cn3cnc4cc([N+](=O)[O-])ccc4c3=O)n2)c(C)c1. The van der Waals surface area contributed by atoms with Crippen molar-refractivity contribution in [1.29, 1.82) is 0 Å². The fourth-order valence-electron chi connectivity index (χ4n) is 3.72. The minimum atomic E-state index is -0.554. The molecule has 0 radical (unpaired) electrons. The van der Waals surface area contributed by atoms with Crippen molar-refractivity contribution in [2.75, 3.05) is 5.32 Å². The highest BCUT2D eigenvalue weighted by atomic mass is 32.1. The van der Waals surface area contributed by atoms with Crippen LogP contribution in [0.15, 0.2) is 46.8 Å². The number of carbonyl (C=O) groups is 1. The third kappa shape index (κ3) is 4.12. The van der Waals surface area contributed by atoms with Crippen molar-refractivity contribution < 1.29 is 9.72 Å². The Bertz CT molecular complexity index is 1420. The number of non-ortho nitro benzene ring substituents is 1. The molecule has 1 amide bonds. The Balaban J connectivity index is 1.53. The van der Waals surface area contributed by atoms with Gasteiger partial charge in [-0.1, -0.05) is 17.7 Å². The van der Waals surface area contributed by atoms with E-state index in [0.717, 1.165) is 27.0 Å². The molecule has 0 unspecified atom stereocenters. The van der Waals surface area contributed by atoms with E-state index < -0.39 is 16.4 Å². The molecule has 2 heterocycles. The van der Waals surface area contributed by atoms with Gasteiger partial charge in [-0.25, -0.2) is 9.97 Å². The number of anilines is 1. The fourth-order valence-corrected chi connectivity index (χ4v) is 4.43. The number of rotatable bonds is 5. The van der Waals surface area contributed by atoms with Crippen molar-refractivity contribution >= 4 is 39.0 Å². The first-order chi connectivity index (χ1) is 15.2. The Labute approximate surface area is 186 Å². The number of hydrogen-bond acceptors (Lipinski definition) is 7. The van der Waals surface area contributed by atoms with Crippen molar-refractivity contribution in [1.82, 2.24) is 14.5 Å². The average Bonchev–Trinajstić information content (AvgIpc) is 3.16. The van der Waals surface area contributed by atoms with Crippen LogP contribution < -0.4 is 10.9 Å². The number of hydrogen-bond donors (Lipinski definition) is 1. The van der Waals surface area contributed by atoms with Gasteiger partial charge in [0, 0.05) is 23.1 Å². The van der Waals surface area contributed by atoms with Crippen LogP contribution >= 0.6 is 11.3 Å². The van der Waals surface area contributed by atoms with Gasteiger partial charge in [0.25, 0.3) is 11.2 Å². The van der Waals surface area contributed by atoms with Crippen LogP contribution in [-0.4, -0.2) is 25.4 Å². The van der Waals surface area contributed by atoms with Gasteiger partial charge in [-0.2, -0.15) is 0 Å². The number of carbonyl (C=O) groups excluding carboxylic acids is 1. The van der Waals surface area contributed by atoms with Gasteiger partial charge in [0.05, 0.1) is 27.8 Å². The molecule has 0 saturated carbocycles. The van der Waals surface area contributed by atoms with Crippen LogP contribution in [0.2, 0.25) is 0 Å². The maximum Gasteiger partial charge on any atom is 0.271 e. The average molecular weight is 449 g/mol. The molecule has 0 bridgehead atoms. The molecule has 4 rings (SSSR count). The first-order valence-electron chi connectivity index (χ1n) is 9.70. The molecule has 4 aromatic rings. The Hall–Kier alpha value is -3.92. The summed E-state index contributed by atoms with van der Waals surface area (Å²) >= 11 is 1.31. The fraction of sp³-hybridized carbons (Fsp3) is 0.182. The largest absolute Gasteiger partial charge is 0.300 e. The number of thiazole rings is 1. The van der Waals surface area contributed by atoms with Crippen LogP contribution in [0.3, 0.4) is 0 Å². The molecule has 1 N–H and O–H groups in total. The van der Waals surface area contributed by atoms with Gasteiger partial charge < -0.3 is 5.32 Å². The summed E-state index contributed by atoms with van der Waals surface area (Å²) in [5, 5.41) is 16.1. The smallest absolute Gasteiger partial charge is 0.271 e. The van der Waals surface area contributed by atoms with Crippen molar-refractivity contribution in [3.8, 4) is 11.3 Å². The highest BCUT2D eigenvalue weighted by Crippen LogP contribution is 2.31. The number of nitrogens with one attached hydrogen (secondary N) is 1. The summed E-state index contributed by atoms with van der Waals surface area (Å²) in [5.74, 6) is -0.423. The third-order valence-corrected chi connectivity index (χ3v) is 5.77. The van der Waals surface area contributed by atoms with E-state index in [1.54, 1.807) is 0 Å². The number of nitro benzene ring substituents is 1. The van der Waals surface area contributed by atoms with Crippen molar-refractivity contribution in [3.05, 3.63) is 79.2 Å². The second kappa shape index (κ2) is 8.31. The van der Waals surface area contributed by atoms with E-state index in [4.69, 9.17) is 0 Å². The minimum Gasteiger partial charge on any atom is -0.300 e. The second-order valence-electron chi connectivity index (χ2n) is 7.50. The molecule has 2 aromatic heterocycles. The number of aromatic nitrogens is 3. The van der Waals surface area contributed by atoms with Crippen molar-refractivity contribution in [2.24, 2.45) is 0 Å². The number of nitrogens with zero attached hydrogens (tertiary/aromatic N) is 4. The maximum absolute atomic E-state index is 12.6. The second-order valence-corrected chi connectivity index (χ2v) is 8.35. The number of nitro groups is 1. The van der Waals surface area contributed by atoms with Gasteiger partial charge in [0.1, 0.15) is 6.54 Å². The van der Waals surface area contributed by atoms with E-state index in [-0.39, 0.29) is 23.1 Å². The first kappa shape index (κ1) is 21.3. The molecule has 0 saturated heterocycles. The summed E-state index contributed by atoms with van der Waals surface area (Å²) in [4.78, 5) is 44.1. The summed E-state index contributed by atoms with van der Waals surface area (Å²) < 4.78 is 1.16. The Morgan fingerprint density at radius 3 is 2.59 bits per heavy atom. The molecule has 0 aliphatic rings. The van der Waals surface area contributed by atoms with Gasteiger partial charge in [-0.3, -0.25) is 24.3 Å². The number of aryl methyl sites for hydroxylation is 3. The van der Waals surface area contributed by atoms with Gasteiger partial charge in [-0.05, 0) is 38.0 Å². The molecule has 0 aliphatic heterocycles. The lowest BCUT2D eigenvalue weighted by molar-refractivity contribution is -0.384. The minimum absolute atomic E-state index is 0.154. The van der Waals surface area contributed by atoms with Crippen LogP contribution in [0.25, 0.3) is 22.2 Å². The van der Waals surface area contributed by atoms with Crippen LogP contribution in [-0.2, 0) is 11.3 Å². The van der Waals surface area contributed by atoms with Crippen molar-refractivity contribution in [2.45, 2.75) is 27.3 Å². The third-order valence-electron chi connectivity index (χ3n) is 5.02. The van der Waals surface area contributed by atoms with E-state index in [0.29, 0.717) is 5.13 Å². The zero-order chi connectivity index (χ0) is 23.0. The lowest BCUT2D eigenvalue weighted by Crippen LogP contribution is -2.27. The van der Waals surface area contributed by atoms with E-state index in [1.165, 1.54) is 41.4 Å². The molecule has 0 spiro atoms. The monoisotopic (exact) mass is 449 g/mol. The Morgan fingerprint density at radius 1 is 1.19 bits per heavy atom. The zero-order valence-electron chi connectivity index (χ0n) is 17.6. The molecular formula is C22H19N5O4S. The first-order valence-corrected chi connectivity index (χ1v) is 10.6. The molecule has 9 nitrogen and oxygen atoms in total. The summed E-state index contributed by atoms with van der Waals surface area (Å²) in [6.07, 6.45) is 1.21. The molecule has 162 valence electrons. The van der Waals surface area contributed by atoms with Gasteiger partial charge in [0.15, 0.2) is 5.13 Å². The Morgan fingerprint density at radius 2 is 1.91 bits per heavy atom. The molecular weight excluding hydrogens is 430 g/mol. The lowest BCUT2D eigenvalue weighted by Gasteiger charge is -2.09. The predicted molar refractivity (Wildman–Crippen MR) is 123 cm³/mol. The molecule has 32 heavy (non-hydrogen) atoms. The summed E-state index contributed by atoms with van der Waals surface area (Å²) in [7, 11) is 0. The molecule has 0 aliphatic carbocycles. The zero-order valence-corrected chi connectivity index (χ0v) is 18.4. The Kier molecular flexibility index (Phi) is 5.54. The topological polar surface area (TPSA) is 120 Å². The van der Waals surface area contributed by atoms with Gasteiger partial charge in [-0.15, -0.1) is 11.3 Å². The number of amides is 1. The maximum atomic E-state index is 12.6. The van der Waals surface area contributed by atoms with Crippen LogP contribution in [0, 0.1) is 30.9 Å². The quantitative estimate of drug-likeness (QED) is 0.363. The van der Waals surface area contributed by atoms with Crippen LogP contribution in [0.4, 0.5) is 10.8 Å². The molecule has 10 heteroatoms. The van der Waals surface area contributed by atoms with E-state index in [1.807, 2.05) is 26.2 Å². The lowest BCUT2D eigenvalue weighted by atomic mass is 9.98. The summed E-state index contributed by atoms with van der Waals surface area (Å²) in [5.41, 5.74) is 4.82. The normalized spacial score (nSPS) is 11.0. The molecule has 0 fully saturated rings. The molecule has 0 atom stereocenters. The van der Waals surface area contributed by atoms with Crippen molar-refractivity contribution in [3.63, 3.8) is 0 Å².